The minimum Gasteiger partial charge on any atom is -0.362 e. The van der Waals surface area contributed by atoms with Gasteiger partial charge >= 0.3 is 0 Å². The number of aromatic nitrogens is 3. The molecule has 1 unspecified atom stereocenters. The summed E-state index contributed by atoms with van der Waals surface area (Å²) in [6.07, 6.45) is 1.58. The summed E-state index contributed by atoms with van der Waals surface area (Å²) in [5, 5.41) is 15.3. The Labute approximate surface area is 150 Å². The van der Waals surface area contributed by atoms with Crippen LogP contribution in [0, 0.1) is 0 Å². The molecular formula is C17H15Cl2N5. The summed E-state index contributed by atoms with van der Waals surface area (Å²) < 4.78 is 0. The topological polar surface area (TPSA) is 62.7 Å². The van der Waals surface area contributed by atoms with E-state index in [0.29, 0.717) is 27.5 Å². The summed E-state index contributed by atoms with van der Waals surface area (Å²) in [7, 11) is 0. The van der Waals surface area contributed by atoms with E-state index in [1.807, 2.05) is 18.2 Å². The normalized spacial score (nSPS) is 11.8. The number of rotatable bonds is 5. The fourth-order valence-corrected chi connectivity index (χ4v) is 2.64. The molecule has 0 amide bonds. The van der Waals surface area contributed by atoms with Crippen LogP contribution in [0.4, 0.5) is 17.5 Å². The number of hydrogen-bond donors (Lipinski definition) is 2. The van der Waals surface area contributed by atoms with Crippen LogP contribution >= 0.6 is 23.2 Å². The maximum Gasteiger partial charge on any atom is 0.249 e. The van der Waals surface area contributed by atoms with Crippen molar-refractivity contribution < 1.29 is 0 Å². The monoisotopic (exact) mass is 359 g/mol. The average molecular weight is 360 g/mol. The highest BCUT2D eigenvalue weighted by Crippen LogP contribution is 2.27. The van der Waals surface area contributed by atoms with Gasteiger partial charge in [0.15, 0.2) is 5.82 Å². The van der Waals surface area contributed by atoms with Crippen molar-refractivity contribution in [3.63, 3.8) is 0 Å². The molecule has 2 N–H and O–H groups in total. The van der Waals surface area contributed by atoms with Gasteiger partial charge in [-0.25, -0.2) is 0 Å². The summed E-state index contributed by atoms with van der Waals surface area (Å²) >= 11 is 12.0. The van der Waals surface area contributed by atoms with E-state index < -0.39 is 0 Å². The Morgan fingerprint density at radius 3 is 2.58 bits per heavy atom. The van der Waals surface area contributed by atoms with Gasteiger partial charge in [0.2, 0.25) is 5.95 Å². The van der Waals surface area contributed by atoms with Crippen LogP contribution in [-0.2, 0) is 0 Å². The Kier molecular flexibility index (Phi) is 5.13. The van der Waals surface area contributed by atoms with Crippen LogP contribution in [0.2, 0.25) is 10.0 Å². The molecule has 24 heavy (non-hydrogen) atoms. The summed E-state index contributed by atoms with van der Waals surface area (Å²) in [6, 6.07) is 15.3. The smallest absolute Gasteiger partial charge is 0.249 e. The Bertz CT molecular complexity index is 826. The van der Waals surface area contributed by atoms with Crippen molar-refractivity contribution in [2.24, 2.45) is 0 Å². The molecule has 0 fully saturated rings. The number of benzene rings is 2. The van der Waals surface area contributed by atoms with E-state index in [1.54, 1.807) is 24.4 Å². The van der Waals surface area contributed by atoms with Crippen LogP contribution in [0.5, 0.6) is 0 Å². The first-order valence-corrected chi connectivity index (χ1v) is 8.11. The molecule has 5 nitrogen and oxygen atoms in total. The van der Waals surface area contributed by atoms with Crippen molar-refractivity contribution in [2.75, 3.05) is 10.6 Å². The third-order valence-corrected chi connectivity index (χ3v) is 3.95. The predicted molar refractivity (Wildman–Crippen MR) is 98.1 cm³/mol. The molecule has 1 aromatic heterocycles. The number of hydrogen-bond acceptors (Lipinski definition) is 5. The van der Waals surface area contributed by atoms with E-state index in [-0.39, 0.29) is 6.04 Å². The Balaban J connectivity index is 1.74. The third kappa shape index (κ3) is 4.13. The zero-order valence-corrected chi connectivity index (χ0v) is 14.4. The molecule has 0 aliphatic carbocycles. The minimum absolute atomic E-state index is 0.0925. The van der Waals surface area contributed by atoms with Crippen LogP contribution in [-0.4, -0.2) is 15.2 Å². The highest BCUT2D eigenvalue weighted by atomic mass is 35.5. The number of anilines is 3. The van der Waals surface area contributed by atoms with Crippen molar-refractivity contribution in [1.29, 1.82) is 0 Å². The molecule has 0 aliphatic rings. The first-order valence-electron chi connectivity index (χ1n) is 7.35. The lowest BCUT2D eigenvalue weighted by molar-refractivity contribution is 0.861. The fourth-order valence-electron chi connectivity index (χ4n) is 2.18. The van der Waals surface area contributed by atoms with Gasteiger partial charge in [0.25, 0.3) is 0 Å². The van der Waals surface area contributed by atoms with E-state index in [0.717, 1.165) is 5.56 Å². The molecule has 3 rings (SSSR count). The predicted octanol–water partition coefficient (Wildman–Crippen LogP) is 5.10. The molecular weight excluding hydrogens is 345 g/mol. The van der Waals surface area contributed by atoms with Crippen molar-refractivity contribution in [2.45, 2.75) is 13.0 Å². The average Bonchev–Trinajstić information content (AvgIpc) is 2.58. The van der Waals surface area contributed by atoms with Gasteiger partial charge in [-0.2, -0.15) is 10.1 Å². The maximum atomic E-state index is 6.15. The van der Waals surface area contributed by atoms with Gasteiger partial charge < -0.3 is 10.6 Å². The van der Waals surface area contributed by atoms with Crippen LogP contribution < -0.4 is 10.6 Å². The molecule has 0 saturated carbocycles. The molecule has 0 bridgehead atoms. The lowest BCUT2D eigenvalue weighted by atomic mass is 10.1. The molecule has 2 aromatic carbocycles. The van der Waals surface area contributed by atoms with Crippen LogP contribution in [0.3, 0.4) is 0 Å². The Morgan fingerprint density at radius 2 is 1.83 bits per heavy atom. The number of halogens is 2. The molecule has 1 heterocycles. The Morgan fingerprint density at radius 1 is 1.04 bits per heavy atom. The minimum atomic E-state index is 0.0925. The Hall–Kier alpha value is -2.37. The van der Waals surface area contributed by atoms with Crippen LogP contribution in [0.25, 0.3) is 0 Å². The van der Waals surface area contributed by atoms with E-state index in [2.05, 4.69) is 44.9 Å². The van der Waals surface area contributed by atoms with Gasteiger partial charge in [-0.3, -0.25) is 0 Å². The zero-order chi connectivity index (χ0) is 16.9. The molecule has 0 radical (unpaired) electrons. The van der Waals surface area contributed by atoms with Crippen molar-refractivity contribution in [3.8, 4) is 0 Å². The van der Waals surface area contributed by atoms with Crippen LogP contribution in [0.1, 0.15) is 18.5 Å². The summed E-state index contributed by atoms with van der Waals surface area (Å²) in [4.78, 5) is 4.41. The fraction of sp³-hybridized carbons (Fsp3) is 0.118. The van der Waals surface area contributed by atoms with E-state index in [4.69, 9.17) is 23.2 Å². The van der Waals surface area contributed by atoms with Gasteiger partial charge in [0.05, 0.1) is 16.9 Å². The molecule has 7 heteroatoms. The third-order valence-electron chi connectivity index (χ3n) is 3.40. The molecule has 0 aliphatic heterocycles. The van der Waals surface area contributed by atoms with E-state index in [9.17, 15) is 0 Å². The summed E-state index contributed by atoms with van der Waals surface area (Å²) in [5.74, 6) is 0.971. The van der Waals surface area contributed by atoms with E-state index >= 15 is 0 Å². The van der Waals surface area contributed by atoms with Crippen LogP contribution in [0.15, 0.2) is 54.7 Å². The van der Waals surface area contributed by atoms with Gasteiger partial charge in [-0.05, 0) is 30.7 Å². The van der Waals surface area contributed by atoms with Gasteiger partial charge in [-0.15, -0.1) is 5.10 Å². The largest absolute Gasteiger partial charge is 0.362 e. The summed E-state index contributed by atoms with van der Waals surface area (Å²) in [6.45, 7) is 2.06. The van der Waals surface area contributed by atoms with Gasteiger partial charge in [0.1, 0.15) is 0 Å². The van der Waals surface area contributed by atoms with Crippen molar-refractivity contribution in [1.82, 2.24) is 15.2 Å². The first kappa shape index (κ1) is 16.5. The standard InChI is InChI=1S/C17H15Cl2N5/c1-11(12-5-3-2-4-6-12)21-16-10-20-24-17(23-16)22-15-8-7-13(18)9-14(15)19/h2-11H,1H3,(H2,21,22,23,24). The maximum absolute atomic E-state index is 6.15. The quantitative estimate of drug-likeness (QED) is 0.663. The lowest BCUT2D eigenvalue weighted by Gasteiger charge is -2.15. The van der Waals surface area contributed by atoms with Gasteiger partial charge in [0, 0.05) is 11.1 Å². The number of nitrogens with one attached hydrogen (secondary N) is 2. The highest BCUT2D eigenvalue weighted by molar-refractivity contribution is 6.36. The molecule has 122 valence electrons. The second-order valence-corrected chi connectivity index (χ2v) is 6.03. The first-order chi connectivity index (χ1) is 11.6. The molecule has 0 saturated heterocycles. The lowest BCUT2D eigenvalue weighted by Crippen LogP contribution is -2.10. The highest BCUT2D eigenvalue weighted by Gasteiger charge is 2.08. The molecule has 3 aromatic rings. The second kappa shape index (κ2) is 7.47. The van der Waals surface area contributed by atoms with Gasteiger partial charge in [-0.1, -0.05) is 53.5 Å². The van der Waals surface area contributed by atoms with Crippen molar-refractivity contribution >= 4 is 40.7 Å². The van der Waals surface area contributed by atoms with Crippen molar-refractivity contribution in [3.05, 3.63) is 70.3 Å². The number of nitrogens with zero attached hydrogens (tertiary/aromatic N) is 3. The SMILES string of the molecule is CC(Nc1cnnc(Nc2ccc(Cl)cc2Cl)n1)c1ccccc1. The molecule has 1 atom stereocenters. The second-order valence-electron chi connectivity index (χ2n) is 5.19. The molecule has 0 spiro atoms. The zero-order valence-electron chi connectivity index (χ0n) is 12.9. The van der Waals surface area contributed by atoms with E-state index in [1.165, 1.54) is 0 Å². The summed E-state index contributed by atoms with van der Waals surface area (Å²) in [5.41, 5.74) is 1.82.